The molecule has 0 aliphatic carbocycles. The average molecular weight is 1240 g/mol. The second-order valence-corrected chi connectivity index (χ2v) is 26.2. The number of hydrogen-bond donors (Lipinski definition) is 10. The van der Waals surface area contributed by atoms with Crippen LogP contribution < -0.4 is 27.0 Å². The zero-order valence-corrected chi connectivity index (χ0v) is 49.0. The molecule has 0 radical (unpaired) electrons. The number of aliphatic hydroxyl groups excluding tert-OH is 1. The molecular weight excluding hydrogens is 1170 g/mol. The van der Waals surface area contributed by atoms with Gasteiger partial charge in [-0.05, 0) is 102 Å². The number of nitrogens with one attached hydrogen (secondary N) is 2. The van der Waals surface area contributed by atoms with Crippen molar-refractivity contribution in [1.82, 2.24) is 20.2 Å². The smallest absolute Gasteiger partial charge is 0.390 e. The molecule has 1 aromatic heterocycles. The Labute approximate surface area is 470 Å². The molecule has 0 spiro atoms. The van der Waals surface area contributed by atoms with Crippen molar-refractivity contribution in [2.24, 2.45) is 0 Å². The van der Waals surface area contributed by atoms with E-state index in [1.807, 2.05) is 44.2 Å². The maximum absolute atomic E-state index is 13.2. The second kappa shape index (κ2) is 27.3. The number of aromatic nitrogens is 2. The molecule has 1 fully saturated rings. The van der Waals surface area contributed by atoms with Gasteiger partial charge in [0, 0.05) is 90.1 Å². The molecule has 0 bridgehead atoms. The van der Waals surface area contributed by atoms with Crippen LogP contribution in [0.4, 0.5) is 17.2 Å². The summed E-state index contributed by atoms with van der Waals surface area (Å²) in [6.45, 7) is 11.1. The molecule has 3 aliphatic rings. The number of likely N-dealkylation sites (N-methyl/N-ethyl adjacent to an activating group) is 1. The Hall–Kier alpha value is -4.78. The van der Waals surface area contributed by atoms with Crippen molar-refractivity contribution in [2.75, 3.05) is 43.4 Å². The van der Waals surface area contributed by atoms with E-state index in [9.17, 15) is 55.9 Å². The highest BCUT2D eigenvalue weighted by Gasteiger charge is 2.47. The van der Waals surface area contributed by atoms with Crippen molar-refractivity contribution >= 4 is 86.4 Å². The van der Waals surface area contributed by atoms with E-state index in [1.54, 1.807) is 12.1 Å². The van der Waals surface area contributed by atoms with E-state index in [4.69, 9.17) is 25.5 Å². The SMILES string of the molecule is CCN1/C(=C/C=C/C2=[N+](CC)c3ccc(SOOO)cc3C2(C)C)C(C)(CCCC(=O)NCCCCCC(=O)NC/C=C/c2cn([C@H]3C[C@@H](O)[C@@H](COP(=O)(O)OP(=O)(O)OP(=O)(O)O)O3)c(=O)nc2N)c2cc(S(=O)(=O)O)ccc21. The normalized spacial score (nSPS) is 21.9. The third-order valence-corrected chi connectivity index (χ3v) is 18.9. The first kappa shape index (κ1) is 65.4. The van der Waals surface area contributed by atoms with E-state index in [1.165, 1.54) is 24.4 Å². The highest BCUT2D eigenvalue weighted by molar-refractivity contribution is 7.94. The van der Waals surface area contributed by atoms with E-state index in [0.29, 0.717) is 57.3 Å². The maximum atomic E-state index is 13.2. The molecule has 446 valence electrons. The average Bonchev–Trinajstić information content (AvgIpc) is 4.18. The Morgan fingerprint density at radius 2 is 1.68 bits per heavy atom. The molecule has 2 amide bonds. The summed E-state index contributed by atoms with van der Waals surface area (Å²) in [5.41, 5.74) is 9.63. The topological polar surface area (TPSA) is 408 Å². The van der Waals surface area contributed by atoms with Crippen LogP contribution >= 0.6 is 35.5 Å². The minimum atomic E-state index is -5.78. The molecule has 3 unspecified atom stereocenters. The van der Waals surface area contributed by atoms with Crippen LogP contribution in [-0.4, -0.2) is 120 Å². The van der Waals surface area contributed by atoms with Crippen molar-refractivity contribution in [2.45, 2.75) is 125 Å². The van der Waals surface area contributed by atoms with Crippen molar-refractivity contribution in [1.29, 1.82) is 0 Å². The zero-order valence-electron chi connectivity index (χ0n) is 44.7. The van der Waals surface area contributed by atoms with Gasteiger partial charge in [0.15, 0.2) is 5.71 Å². The Morgan fingerprint density at radius 1 is 0.963 bits per heavy atom. The van der Waals surface area contributed by atoms with Crippen LogP contribution in [0.5, 0.6) is 0 Å². The van der Waals surface area contributed by atoms with Crippen LogP contribution in [0.25, 0.3) is 6.08 Å². The predicted octanol–water partition coefficient (Wildman–Crippen LogP) is 5.80. The number of unbranched alkanes of at least 4 members (excludes halogenated alkanes) is 2. The van der Waals surface area contributed by atoms with Gasteiger partial charge in [-0.2, -0.15) is 26.6 Å². The standard InChI is InChI=1S/C48H66N7O21P3S2/c1-6-53-36-21-19-32(80-74-73-60)26-34(36)47(3,4)40(53)15-11-16-41-48(5,35-27-33(81(68,69)70)20-22-37(35)54(41)7-2)23-12-18-43(58)50-24-10-8-9-17-42(57)51-25-13-14-31-29-55(46(59)52-45(31)49)44-28-38(56)39(72-44)30-71-78(64,65)76-79(66,67)75-77(61,62)63/h11,13-16,19-22,26-27,29,38-39,44,56H,6-10,12,17-18,23-25,28,30H2,1-5H3,(H9-,49,50,51,52,57,58,59,60,61,62,63,64,65,66,67,68,69,70)/p+1/b14-13+/t38-,39-,44-,48?/m1/s1. The van der Waals surface area contributed by atoms with Crippen molar-refractivity contribution in [3.05, 3.63) is 99.8 Å². The number of nitrogen functional groups attached to an aromatic ring is 1. The Kier molecular flexibility index (Phi) is 22.0. The molecule has 81 heavy (non-hydrogen) atoms. The fourth-order valence-electron chi connectivity index (χ4n) is 9.92. The number of aliphatic hydroxyl groups is 1. The Balaban J connectivity index is 0.966. The van der Waals surface area contributed by atoms with E-state index in [0.717, 1.165) is 49.9 Å². The van der Waals surface area contributed by atoms with Crippen LogP contribution in [-0.2, 0) is 71.5 Å². The number of carbonyl (C=O) groups excluding carboxylic acids is 2. The molecule has 0 saturated carbocycles. The van der Waals surface area contributed by atoms with Gasteiger partial charge in [0.2, 0.25) is 17.5 Å². The molecule has 1 saturated heterocycles. The lowest BCUT2D eigenvalue weighted by molar-refractivity contribution is -0.433. The summed E-state index contributed by atoms with van der Waals surface area (Å²) in [7, 11) is -21.5. The number of ether oxygens (including phenoxy) is 1. The minimum Gasteiger partial charge on any atom is -0.390 e. The number of rotatable bonds is 29. The molecular formula is C48H67N7O21P3S2+. The van der Waals surface area contributed by atoms with Crippen LogP contribution in [0.15, 0.2) is 87.2 Å². The summed E-state index contributed by atoms with van der Waals surface area (Å²) >= 11 is 0.887. The largest absolute Gasteiger partial charge is 0.490 e. The summed E-state index contributed by atoms with van der Waals surface area (Å²) in [6, 6.07) is 10.4. The quantitative estimate of drug-likeness (QED) is 0.00746. The van der Waals surface area contributed by atoms with Crippen LogP contribution in [0.3, 0.4) is 0 Å². The third-order valence-electron chi connectivity index (χ3n) is 13.7. The molecule has 2 aromatic carbocycles. The van der Waals surface area contributed by atoms with Crippen molar-refractivity contribution in [3.63, 3.8) is 0 Å². The maximum Gasteiger partial charge on any atom is 0.490 e. The molecule has 33 heteroatoms. The number of phosphoric acid groups is 3. The summed E-state index contributed by atoms with van der Waals surface area (Å²) in [6.07, 6.45) is 9.12. The predicted molar refractivity (Wildman–Crippen MR) is 294 cm³/mol. The molecule has 3 aliphatic heterocycles. The van der Waals surface area contributed by atoms with Gasteiger partial charge in [-0.15, -0.1) is 4.33 Å². The van der Waals surface area contributed by atoms with Gasteiger partial charge in [-0.1, -0.05) is 29.7 Å². The van der Waals surface area contributed by atoms with E-state index < -0.39 is 75.1 Å². The van der Waals surface area contributed by atoms with Crippen molar-refractivity contribution < 1.29 is 98.0 Å². The molecule has 11 N–H and O–H groups in total. The number of benzene rings is 2. The van der Waals surface area contributed by atoms with E-state index in [-0.39, 0.29) is 53.9 Å². The second-order valence-electron chi connectivity index (χ2n) is 19.6. The fraction of sp³-hybridized carbons (Fsp3) is 0.479. The van der Waals surface area contributed by atoms with Crippen LogP contribution in [0, 0.1) is 0 Å². The summed E-state index contributed by atoms with van der Waals surface area (Å²) in [4.78, 5) is 81.4. The Morgan fingerprint density at radius 3 is 2.36 bits per heavy atom. The lowest BCUT2D eigenvalue weighted by Crippen LogP contribution is -2.30. The summed E-state index contributed by atoms with van der Waals surface area (Å²) < 4.78 is 94.7. The number of phosphoric ester groups is 1. The zero-order chi connectivity index (χ0) is 59.7. The van der Waals surface area contributed by atoms with Gasteiger partial charge < -0.3 is 50.7 Å². The first-order valence-corrected chi connectivity index (χ1v) is 32.1. The molecule has 28 nitrogen and oxygen atoms in total. The first-order chi connectivity index (χ1) is 37.9. The third kappa shape index (κ3) is 17.0. The molecule has 4 heterocycles. The number of nitrogens with two attached hydrogens (primary N) is 1. The Bertz CT molecular complexity index is 3280. The highest BCUT2D eigenvalue weighted by atomic mass is 32.2. The van der Waals surface area contributed by atoms with Gasteiger partial charge in [0.1, 0.15) is 24.7 Å². The van der Waals surface area contributed by atoms with Gasteiger partial charge in [0.05, 0.1) is 35.1 Å². The number of anilines is 2. The molecule has 6 atom stereocenters. The number of nitrogens with zero attached hydrogens (tertiary/aromatic N) is 4. The number of fused-ring (bicyclic) bond motifs is 2. The van der Waals surface area contributed by atoms with Gasteiger partial charge in [-0.3, -0.25) is 23.2 Å². The summed E-state index contributed by atoms with van der Waals surface area (Å²) in [5, 5.41) is 28.7. The summed E-state index contributed by atoms with van der Waals surface area (Å²) in [5.74, 6) is -0.595. The van der Waals surface area contributed by atoms with Gasteiger partial charge >= 0.3 is 29.2 Å². The lowest BCUT2D eigenvalue weighted by atomic mass is 9.77. The van der Waals surface area contributed by atoms with E-state index >= 15 is 0 Å². The van der Waals surface area contributed by atoms with Gasteiger partial charge in [0.25, 0.3) is 10.1 Å². The number of allylic oxidation sites excluding steroid dienone is 4. The molecule has 6 rings (SSSR count). The fourth-order valence-corrected chi connectivity index (χ4v) is 13.9. The monoisotopic (exact) mass is 1230 g/mol. The van der Waals surface area contributed by atoms with Gasteiger partial charge in [-0.25, -0.2) is 23.7 Å². The van der Waals surface area contributed by atoms with E-state index in [2.05, 4.69) is 74.5 Å². The highest BCUT2D eigenvalue weighted by Crippen LogP contribution is 2.66. The molecule has 3 aromatic rings. The van der Waals surface area contributed by atoms with Crippen LogP contribution in [0.2, 0.25) is 0 Å². The van der Waals surface area contributed by atoms with Crippen LogP contribution in [0.1, 0.15) is 109 Å². The lowest BCUT2D eigenvalue weighted by Gasteiger charge is -2.30. The number of hydrogen-bond acceptors (Lipinski definition) is 20. The number of carbonyl (C=O) groups is 2. The minimum absolute atomic E-state index is 0.0675. The van der Waals surface area contributed by atoms with Crippen molar-refractivity contribution in [3.8, 4) is 0 Å². The number of amides is 2. The first-order valence-electron chi connectivity index (χ1n) is 25.4.